The third-order valence-corrected chi connectivity index (χ3v) is 4.67. The van der Waals surface area contributed by atoms with Crippen LogP contribution < -0.4 is 5.32 Å². The van der Waals surface area contributed by atoms with Crippen LogP contribution in [0.25, 0.3) is 10.9 Å². The molecule has 0 unspecified atom stereocenters. The zero-order chi connectivity index (χ0) is 14.8. The Morgan fingerprint density at radius 1 is 1.19 bits per heavy atom. The molecule has 0 amide bonds. The predicted molar refractivity (Wildman–Crippen MR) is 90.0 cm³/mol. The zero-order valence-corrected chi connectivity index (χ0v) is 13.5. The van der Waals surface area contributed by atoms with Crippen LogP contribution in [-0.2, 0) is 13.5 Å². The average Bonchev–Trinajstić information content (AvgIpc) is 2.82. The fraction of sp³-hybridized carbons (Fsp3) is 0.556. The molecule has 0 atom stereocenters. The number of benzene rings is 1. The van der Waals surface area contributed by atoms with Crippen molar-refractivity contribution in [1.29, 1.82) is 0 Å². The summed E-state index contributed by atoms with van der Waals surface area (Å²) in [6, 6.07) is 6.94. The second-order valence-electron chi connectivity index (χ2n) is 6.54. The van der Waals surface area contributed by atoms with Gasteiger partial charge in [0.25, 0.3) is 0 Å². The molecule has 0 radical (unpaired) electrons. The summed E-state index contributed by atoms with van der Waals surface area (Å²) >= 11 is 0. The molecule has 3 nitrogen and oxygen atoms in total. The first-order valence-electron chi connectivity index (χ1n) is 8.16. The van der Waals surface area contributed by atoms with Gasteiger partial charge in [0.2, 0.25) is 0 Å². The van der Waals surface area contributed by atoms with Crippen molar-refractivity contribution in [3.8, 4) is 0 Å². The molecule has 2 heterocycles. The Hall–Kier alpha value is -1.32. The van der Waals surface area contributed by atoms with Crippen LogP contribution in [0.5, 0.6) is 0 Å². The summed E-state index contributed by atoms with van der Waals surface area (Å²) in [5.41, 5.74) is 4.29. The molecule has 21 heavy (non-hydrogen) atoms. The topological polar surface area (TPSA) is 20.2 Å². The molecule has 1 aromatic heterocycles. The number of nitrogens with zero attached hydrogens (tertiary/aromatic N) is 2. The van der Waals surface area contributed by atoms with E-state index in [4.69, 9.17) is 0 Å². The maximum atomic E-state index is 3.42. The molecule has 0 bridgehead atoms. The monoisotopic (exact) mass is 285 g/mol. The van der Waals surface area contributed by atoms with E-state index in [2.05, 4.69) is 60.1 Å². The Bertz CT molecular complexity index is 606. The van der Waals surface area contributed by atoms with Gasteiger partial charge in [0.15, 0.2) is 0 Å². The molecule has 3 rings (SSSR count). The van der Waals surface area contributed by atoms with Crippen LogP contribution in [0.3, 0.4) is 0 Å². The van der Waals surface area contributed by atoms with Gasteiger partial charge in [0.1, 0.15) is 0 Å². The SMILES string of the molecule is CC(C)c1ccc2c(c1)c(CCN1CCNCC1)cn2C. The predicted octanol–water partition coefficient (Wildman–Crippen LogP) is 2.75. The maximum absolute atomic E-state index is 3.42. The number of rotatable bonds is 4. The van der Waals surface area contributed by atoms with E-state index in [0.717, 1.165) is 19.5 Å². The lowest BCUT2D eigenvalue weighted by atomic mass is 10.00. The maximum Gasteiger partial charge on any atom is 0.0480 e. The van der Waals surface area contributed by atoms with Crippen molar-refractivity contribution in [2.45, 2.75) is 26.2 Å². The van der Waals surface area contributed by atoms with Crippen LogP contribution in [0.2, 0.25) is 0 Å². The van der Waals surface area contributed by atoms with Gasteiger partial charge in [-0.2, -0.15) is 0 Å². The molecule has 114 valence electrons. The van der Waals surface area contributed by atoms with Crippen LogP contribution in [0.1, 0.15) is 30.9 Å². The number of piperazine rings is 1. The molecule has 1 aliphatic rings. The summed E-state index contributed by atoms with van der Waals surface area (Å²) in [5, 5.41) is 4.86. The number of hydrogen-bond acceptors (Lipinski definition) is 2. The van der Waals surface area contributed by atoms with Gasteiger partial charge in [-0.05, 0) is 35.6 Å². The second kappa shape index (κ2) is 6.20. The lowest BCUT2D eigenvalue weighted by Crippen LogP contribution is -2.44. The van der Waals surface area contributed by atoms with Crippen molar-refractivity contribution < 1.29 is 0 Å². The van der Waals surface area contributed by atoms with Gasteiger partial charge in [-0.25, -0.2) is 0 Å². The highest BCUT2D eigenvalue weighted by atomic mass is 15.2. The first kappa shape index (κ1) is 14.6. The standard InChI is InChI=1S/C18H27N3/c1-14(2)15-4-5-18-17(12-15)16(13-20(18)3)6-9-21-10-7-19-8-11-21/h4-5,12-14,19H,6-11H2,1-3H3. The second-order valence-corrected chi connectivity index (χ2v) is 6.54. The van der Waals surface area contributed by atoms with Crippen molar-refractivity contribution >= 4 is 10.9 Å². The molecular weight excluding hydrogens is 258 g/mol. The summed E-state index contributed by atoms with van der Waals surface area (Å²) in [7, 11) is 2.16. The molecule has 0 spiro atoms. The zero-order valence-electron chi connectivity index (χ0n) is 13.5. The number of hydrogen-bond donors (Lipinski definition) is 1. The van der Waals surface area contributed by atoms with Crippen molar-refractivity contribution in [3.63, 3.8) is 0 Å². The van der Waals surface area contributed by atoms with Gasteiger partial charge in [0.05, 0.1) is 0 Å². The number of fused-ring (bicyclic) bond motifs is 1. The summed E-state index contributed by atoms with van der Waals surface area (Å²) in [4.78, 5) is 2.57. The van der Waals surface area contributed by atoms with Crippen LogP contribution >= 0.6 is 0 Å². The van der Waals surface area contributed by atoms with E-state index in [0.29, 0.717) is 5.92 Å². The minimum Gasteiger partial charge on any atom is -0.350 e. The van der Waals surface area contributed by atoms with Gasteiger partial charge < -0.3 is 14.8 Å². The quantitative estimate of drug-likeness (QED) is 0.932. The van der Waals surface area contributed by atoms with Gasteiger partial charge in [-0.15, -0.1) is 0 Å². The van der Waals surface area contributed by atoms with Gasteiger partial charge in [0, 0.05) is 56.9 Å². The van der Waals surface area contributed by atoms with E-state index >= 15 is 0 Å². The Morgan fingerprint density at radius 2 is 1.95 bits per heavy atom. The van der Waals surface area contributed by atoms with Crippen LogP contribution in [0.15, 0.2) is 24.4 Å². The number of nitrogens with one attached hydrogen (secondary N) is 1. The van der Waals surface area contributed by atoms with Crippen LogP contribution in [-0.4, -0.2) is 42.2 Å². The molecule has 3 heteroatoms. The third-order valence-electron chi connectivity index (χ3n) is 4.67. The molecule has 0 saturated carbocycles. The Balaban J connectivity index is 1.81. The summed E-state index contributed by atoms with van der Waals surface area (Å²) in [6.45, 7) is 10.3. The highest BCUT2D eigenvalue weighted by Crippen LogP contribution is 2.26. The van der Waals surface area contributed by atoms with E-state index in [-0.39, 0.29) is 0 Å². The molecule has 1 fully saturated rings. The molecular formula is C18H27N3. The first-order valence-corrected chi connectivity index (χ1v) is 8.16. The summed E-state index contributed by atoms with van der Waals surface area (Å²) in [5.74, 6) is 0.593. The van der Waals surface area contributed by atoms with Crippen molar-refractivity contribution in [1.82, 2.24) is 14.8 Å². The highest BCUT2D eigenvalue weighted by molar-refractivity contribution is 5.84. The van der Waals surface area contributed by atoms with Crippen molar-refractivity contribution in [2.24, 2.45) is 7.05 Å². The molecule has 1 N–H and O–H groups in total. The number of aryl methyl sites for hydroxylation is 1. The fourth-order valence-electron chi connectivity index (χ4n) is 3.26. The Labute approximate surface area is 127 Å². The number of aromatic nitrogens is 1. The highest BCUT2D eigenvalue weighted by Gasteiger charge is 2.12. The largest absolute Gasteiger partial charge is 0.350 e. The van der Waals surface area contributed by atoms with Gasteiger partial charge in [-0.1, -0.05) is 19.9 Å². The van der Waals surface area contributed by atoms with E-state index in [1.54, 1.807) is 0 Å². The summed E-state index contributed by atoms with van der Waals surface area (Å²) < 4.78 is 2.27. The fourth-order valence-corrected chi connectivity index (χ4v) is 3.26. The first-order chi connectivity index (χ1) is 10.1. The van der Waals surface area contributed by atoms with E-state index in [9.17, 15) is 0 Å². The van der Waals surface area contributed by atoms with Gasteiger partial charge >= 0.3 is 0 Å². The summed E-state index contributed by atoms with van der Waals surface area (Å²) in [6.07, 6.45) is 3.47. The van der Waals surface area contributed by atoms with Gasteiger partial charge in [-0.3, -0.25) is 0 Å². The van der Waals surface area contributed by atoms with E-state index < -0.39 is 0 Å². The van der Waals surface area contributed by atoms with Crippen molar-refractivity contribution in [2.75, 3.05) is 32.7 Å². The molecule has 2 aromatic rings. The Kier molecular flexibility index (Phi) is 4.32. The molecule has 0 aliphatic carbocycles. The normalized spacial score (nSPS) is 17.0. The molecule has 1 aromatic carbocycles. The third kappa shape index (κ3) is 3.14. The van der Waals surface area contributed by atoms with Crippen molar-refractivity contribution in [3.05, 3.63) is 35.5 Å². The molecule has 1 aliphatic heterocycles. The minimum absolute atomic E-state index is 0.593. The Morgan fingerprint density at radius 3 is 2.67 bits per heavy atom. The lowest BCUT2D eigenvalue weighted by Gasteiger charge is -2.26. The van der Waals surface area contributed by atoms with Crippen LogP contribution in [0.4, 0.5) is 0 Å². The lowest BCUT2D eigenvalue weighted by molar-refractivity contribution is 0.244. The van der Waals surface area contributed by atoms with E-state index in [1.165, 1.54) is 41.7 Å². The van der Waals surface area contributed by atoms with Crippen LogP contribution in [0, 0.1) is 0 Å². The molecule has 1 saturated heterocycles. The average molecular weight is 285 g/mol. The van der Waals surface area contributed by atoms with E-state index in [1.807, 2.05) is 0 Å². The minimum atomic E-state index is 0.593. The smallest absolute Gasteiger partial charge is 0.0480 e.